The van der Waals surface area contributed by atoms with Gasteiger partial charge in [-0.2, -0.15) is 4.31 Å². The number of ketones is 1. The van der Waals surface area contributed by atoms with Gasteiger partial charge in [0.05, 0.1) is 22.6 Å². The molecule has 0 unspecified atom stereocenters. The van der Waals surface area contributed by atoms with Crippen LogP contribution in [0.25, 0.3) is 11.3 Å². The maximum atomic E-state index is 13.4. The van der Waals surface area contributed by atoms with Crippen LogP contribution in [-0.2, 0) is 31.4 Å². The summed E-state index contributed by atoms with van der Waals surface area (Å²) in [7, 11) is -2.01. The van der Waals surface area contributed by atoms with Crippen LogP contribution in [0.3, 0.4) is 0 Å². The third-order valence-electron chi connectivity index (χ3n) is 7.80. The summed E-state index contributed by atoms with van der Waals surface area (Å²) >= 11 is 0. The van der Waals surface area contributed by atoms with Crippen LogP contribution in [0.1, 0.15) is 36.9 Å². The van der Waals surface area contributed by atoms with E-state index in [0.29, 0.717) is 36.0 Å². The Kier molecular flexibility index (Phi) is 6.45. The second kappa shape index (κ2) is 9.80. The fourth-order valence-electron chi connectivity index (χ4n) is 5.54. The summed E-state index contributed by atoms with van der Waals surface area (Å²) in [6.07, 6.45) is 3.48. The van der Waals surface area contributed by atoms with Crippen molar-refractivity contribution >= 4 is 15.8 Å². The second-order valence-electron chi connectivity index (χ2n) is 10.2. The SMILES string of the molecule is COC[C@@H]1CCCN1S(=O)(=O)c1ccc(-c2cccc(CC(=O)C3(c4ccc5c(c4)OCO5)CC3)n2)cc1. The first-order chi connectivity index (χ1) is 18.4. The number of hydrogen-bond donors (Lipinski definition) is 0. The minimum Gasteiger partial charge on any atom is -0.454 e. The number of carbonyl (C=O) groups excluding carboxylic acids is 1. The molecule has 1 aromatic heterocycles. The molecule has 198 valence electrons. The summed E-state index contributed by atoms with van der Waals surface area (Å²) in [5.74, 6) is 1.53. The summed E-state index contributed by atoms with van der Waals surface area (Å²) < 4.78 is 44.1. The van der Waals surface area contributed by atoms with E-state index in [9.17, 15) is 13.2 Å². The van der Waals surface area contributed by atoms with Crippen molar-refractivity contribution in [3.05, 3.63) is 71.9 Å². The van der Waals surface area contributed by atoms with Crippen molar-refractivity contribution in [1.82, 2.24) is 9.29 Å². The number of Topliss-reactive ketones (excluding diaryl/α,β-unsaturated/α-hetero) is 1. The minimum absolute atomic E-state index is 0.131. The molecule has 1 saturated heterocycles. The van der Waals surface area contributed by atoms with Gasteiger partial charge in [0.15, 0.2) is 11.5 Å². The summed E-state index contributed by atoms with van der Waals surface area (Å²) in [5.41, 5.74) is 2.65. The largest absolute Gasteiger partial charge is 0.454 e. The highest BCUT2D eigenvalue weighted by molar-refractivity contribution is 7.89. The number of aromatic nitrogens is 1. The molecule has 3 aromatic rings. The number of hydrogen-bond acceptors (Lipinski definition) is 7. The van der Waals surface area contributed by atoms with Gasteiger partial charge in [0.1, 0.15) is 5.78 Å². The van der Waals surface area contributed by atoms with Crippen molar-refractivity contribution in [2.75, 3.05) is 27.1 Å². The van der Waals surface area contributed by atoms with E-state index in [1.54, 1.807) is 35.7 Å². The first kappa shape index (κ1) is 25.0. The Hall–Kier alpha value is -3.27. The van der Waals surface area contributed by atoms with Crippen LogP contribution in [0.15, 0.2) is 65.6 Å². The molecule has 2 fully saturated rings. The molecule has 6 rings (SSSR count). The van der Waals surface area contributed by atoms with E-state index in [1.165, 1.54) is 0 Å². The Morgan fingerprint density at radius 1 is 1.08 bits per heavy atom. The molecule has 9 heteroatoms. The highest BCUT2D eigenvalue weighted by Gasteiger charge is 2.51. The molecule has 1 atom stereocenters. The van der Waals surface area contributed by atoms with Gasteiger partial charge in [-0.05, 0) is 67.6 Å². The molecular weight excluding hydrogens is 504 g/mol. The van der Waals surface area contributed by atoms with Gasteiger partial charge in [0.25, 0.3) is 0 Å². The van der Waals surface area contributed by atoms with E-state index in [-0.39, 0.29) is 29.9 Å². The smallest absolute Gasteiger partial charge is 0.243 e. The number of benzene rings is 2. The number of pyridine rings is 1. The van der Waals surface area contributed by atoms with Gasteiger partial charge in [-0.3, -0.25) is 9.78 Å². The van der Waals surface area contributed by atoms with E-state index in [4.69, 9.17) is 19.2 Å². The number of methoxy groups -OCH3 is 1. The zero-order valence-corrected chi connectivity index (χ0v) is 22.1. The second-order valence-corrected chi connectivity index (χ2v) is 12.0. The van der Waals surface area contributed by atoms with Crippen LogP contribution < -0.4 is 9.47 Å². The Morgan fingerprint density at radius 3 is 2.63 bits per heavy atom. The first-order valence-corrected chi connectivity index (χ1v) is 14.4. The molecule has 0 spiro atoms. The number of carbonyl (C=O) groups is 1. The highest BCUT2D eigenvalue weighted by Crippen LogP contribution is 2.51. The molecule has 3 aliphatic rings. The van der Waals surface area contributed by atoms with Crippen molar-refractivity contribution in [3.63, 3.8) is 0 Å². The maximum absolute atomic E-state index is 13.4. The van der Waals surface area contributed by atoms with Crippen LogP contribution in [-0.4, -0.2) is 56.6 Å². The average Bonchev–Trinajstić information content (AvgIpc) is 3.37. The fourth-order valence-corrected chi connectivity index (χ4v) is 7.22. The standard InChI is InChI=1S/C29H30N2O6S/c1-35-18-23-5-3-15-31(23)38(33,34)24-10-7-20(8-11-24)25-6-2-4-22(30-25)17-28(32)29(13-14-29)21-9-12-26-27(16-21)37-19-36-26/h2,4,6-12,16,23H,3,5,13-15,17-19H2,1H3/t23-/m0/s1. The number of nitrogens with zero attached hydrogens (tertiary/aromatic N) is 2. The minimum atomic E-state index is -3.60. The Balaban J connectivity index is 1.18. The van der Waals surface area contributed by atoms with E-state index in [2.05, 4.69) is 0 Å². The van der Waals surface area contributed by atoms with Crippen molar-refractivity contribution in [1.29, 1.82) is 0 Å². The lowest BCUT2D eigenvalue weighted by Gasteiger charge is -2.23. The average molecular weight is 535 g/mol. The molecule has 0 N–H and O–H groups in total. The number of ether oxygens (including phenoxy) is 3. The molecular formula is C29H30N2O6S. The van der Waals surface area contributed by atoms with E-state index >= 15 is 0 Å². The predicted octanol–water partition coefficient (Wildman–Crippen LogP) is 4.12. The third-order valence-corrected chi connectivity index (χ3v) is 9.76. The summed E-state index contributed by atoms with van der Waals surface area (Å²) in [6.45, 7) is 1.10. The van der Waals surface area contributed by atoms with Crippen molar-refractivity contribution < 1.29 is 27.4 Å². The molecule has 3 heterocycles. The van der Waals surface area contributed by atoms with E-state index in [1.807, 2.05) is 36.4 Å². The van der Waals surface area contributed by atoms with E-state index < -0.39 is 15.4 Å². The first-order valence-electron chi connectivity index (χ1n) is 12.9. The lowest BCUT2D eigenvalue weighted by Crippen LogP contribution is -2.38. The Bertz CT molecular complexity index is 1470. The van der Waals surface area contributed by atoms with Crippen LogP contribution >= 0.6 is 0 Å². The lowest BCUT2D eigenvalue weighted by molar-refractivity contribution is -0.120. The zero-order valence-electron chi connectivity index (χ0n) is 21.3. The van der Waals surface area contributed by atoms with Crippen LogP contribution in [0, 0.1) is 0 Å². The molecule has 1 aliphatic carbocycles. The van der Waals surface area contributed by atoms with Gasteiger partial charge < -0.3 is 14.2 Å². The third kappa shape index (κ3) is 4.48. The summed E-state index contributed by atoms with van der Waals surface area (Å²) in [6, 6.07) is 18.0. The molecule has 2 aromatic carbocycles. The lowest BCUT2D eigenvalue weighted by atomic mass is 9.88. The number of sulfonamides is 1. The van der Waals surface area contributed by atoms with E-state index in [0.717, 1.165) is 36.8 Å². The normalized spacial score (nSPS) is 20.0. The Labute approximate surface area is 222 Å². The van der Waals surface area contributed by atoms with Crippen LogP contribution in [0.4, 0.5) is 0 Å². The van der Waals surface area contributed by atoms with Gasteiger partial charge in [0.2, 0.25) is 16.8 Å². The zero-order chi connectivity index (χ0) is 26.3. The molecule has 0 amide bonds. The van der Waals surface area contributed by atoms with Gasteiger partial charge >= 0.3 is 0 Å². The molecule has 0 radical (unpaired) electrons. The monoisotopic (exact) mass is 534 g/mol. The molecule has 2 aliphatic heterocycles. The van der Waals surface area contributed by atoms with Crippen molar-refractivity contribution in [3.8, 4) is 22.8 Å². The molecule has 1 saturated carbocycles. The molecule has 8 nitrogen and oxygen atoms in total. The van der Waals surface area contributed by atoms with Gasteiger partial charge in [0, 0.05) is 37.4 Å². The van der Waals surface area contributed by atoms with Crippen LogP contribution in [0.2, 0.25) is 0 Å². The summed E-state index contributed by atoms with van der Waals surface area (Å²) in [4.78, 5) is 18.4. The maximum Gasteiger partial charge on any atom is 0.243 e. The summed E-state index contributed by atoms with van der Waals surface area (Å²) in [5, 5.41) is 0. The highest BCUT2D eigenvalue weighted by atomic mass is 32.2. The predicted molar refractivity (Wildman–Crippen MR) is 141 cm³/mol. The quantitative estimate of drug-likeness (QED) is 0.408. The van der Waals surface area contributed by atoms with Crippen LogP contribution in [0.5, 0.6) is 11.5 Å². The molecule has 0 bridgehead atoms. The van der Waals surface area contributed by atoms with Gasteiger partial charge in [-0.25, -0.2) is 8.42 Å². The van der Waals surface area contributed by atoms with Gasteiger partial charge in [-0.1, -0.05) is 24.3 Å². The number of rotatable bonds is 9. The Morgan fingerprint density at radius 2 is 1.87 bits per heavy atom. The van der Waals surface area contributed by atoms with Crippen molar-refractivity contribution in [2.24, 2.45) is 0 Å². The topological polar surface area (TPSA) is 95.0 Å². The van der Waals surface area contributed by atoms with Crippen molar-refractivity contribution in [2.45, 2.75) is 48.5 Å². The van der Waals surface area contributed by atoms with Gasteiger partial charge in [-0.15, -0.1) is 0 Å². The molecule has 38 heavy (non-hydrogen) atoms. The number of fused-ring (bicyclic) bond motifs is 1. The fraction of sp³-hybridized carbons (Fsp3) is 0.379.